The average molecular weight is 306 g/mol. The van der Waals surface area contributed by atoms with E-state index in [4.69, 9.17) is 9.47 Å². The first-order chi connectivity index (χ1) is 10.4. The van der Waals surface area contributed by atoms with Crippen LogP contribution in [-0.2, 0) is 6.42 Å². The van der Waals surface area contributed by atoms with E-state index in [1.165, 1.54) is 5.56 Å². The van der Waals surface area contributed by atoms with Crippen molar-refractivity contribution >= 4 is 0 Å². The second-order valence-corrected chi connectivity index (χ2v) is 7.41. The van der Waals surface area contributed by atoms with Crippen LogP contribution in [0.3, 0.4) is 0 Å². The Kier molecular flexibility index (Phi) is 5.70. The first-order valence-electron chi connectivity index (χ1n) is 8.12. The minimum Gasteiger partial charge on any atom is -0.454 e. The molecule has 4 nitrogen and oxygen atoms in total. The summed E-state index contributed by atoms with van der Waals surface area (Å²) >= 11 is 0. The molecule has 1 N–H and O–H groups in total. The van der Waals surface area contributed by atoms with E-state index in [0.717, 1.165) is 37.4 Å². The standard InChI is InChI=1S/C18H30N2O2/c1-14(19-11-18(2,3)12-20(4)5)6-7-15-8-9-16-17(10-15)22-13-21-16/h8-10,14,19H,6-7,11-13H2,1-5H3. The molecular formula is C18H30N2O2. The van der Waals surface area contributed by atoms with E-state index in [1.807, 2.05) is 6.07 Å². The Bertz CT molecular complexity index is 486. The van der Waals surface area contributed by atoms with Crippen LogP contribution in [0.5, 0.6) is 11.5 Å². The summed E-state index contributed by atoms with van der Waals surface area (Å²) in [6.07, 6.45) is 2.18. The van der Waals surface area contributed by atoms with Crippen LogP contribution < -0.4 is 14.8 Å². The topological polar surface area (TPSA) is 33.7 Å². The van der Waals surface area contributed by atoms with E-state index in [2.05, 4.69) is 57.2 Å². The largest absolute Gasteiger partial charge is 0.454 e. The van der Waals surface area contributed by atoms with Crippen molar-refractivity contribution in [2.24, 2.45) is 5.41 Å². The maximum atomic E-state index is 5.43. The molecule has 22 heavy (non-hydrogen) atoms. The van der Waals surface area contributed by atoms with Crippen LogP contribution in [0.2, 0.25) is 0 Å². The lowest BCUT2D eigenvalue weighted by Gasteiger charge is -2.30. The number of aryl methyl sites for hydroxylation is 1. The van der Waals surface area contributed by atoms with E-state index in [9.17, 15) is 0 Å². The summed E-state index contributed by atoms with van der Waals surface area (Å²) < 4.78 is 10.8. The Morgan fingerprint density at radius 2 is 1.95 bits per heavy atom. The highest BCUT2D eigenvalue weighted by Crippen LogP contribution is 2.32. The SMILES string of the molecule is CC(CCc1ccc2c(c1)OCO2)NCC(C)(C)CN(C)C. The first-order valence-corrected chi connectivity index (χ1v) is 8.12. The van der Waals surface area contributed by atoms with Gasteiger partial charge in [0.15, 0.2) is 11.5 Å². The third-order valence-electron chi connectivity index (χ3n) is 3.98. The monoisotopic (exact) mass is 306 g/mol. The summed E-state index contributed by atoms with van der Waals surface area (Å²) in [6.45, 7) is 9.36. The fourth-order valence-electron chi connectivity index (χ4n) is 2.94. The molecular weight excluding hydrogens is 276 g/mol. The van der Waals surface area contributed by atoms with Crippen molar-refractivity contribution < 1.29 is 9.47 Å². The number of nitrogens with zero attached hydrogens (tertiary/aromatic N) is 1. The van der Waals surface area contributed by atoms with E-state index < -0.39 is 0 Å². The highest BCUT2D eigenvalue weighted by molar-refractivity contribution is 5.44. The molecule has 2 rings (SSSR count). The van der Waals surface area contributed by atoms with Crippen LogP contribution in [0.1, 0.15) is 32.8 Å². The summed E-state index contributed by atoms with van der Waals surface area (Å²) in [6, 6.07) is 6.75. The van der Waals surface area contributed by atoms with Crippen LogP contribution in [-0.4, -0.2) is 44.9 Å². The van der Waals surface area contributed by atoms with E-state index in [0.29, 0.717) is 12.8 Å². The van der Waals surface area contributed by atoms with Gasteiger partial charge >= 0.3 is 0 Å². The van der Waals surface area contributed by atoms with E-state index >= 15 is 0 Å². The third-order valence-corrected chi connectivity index (χ3v) is 3.98. The minimum atomic E-state index is 0.288. The molecule has 0 amide bonds. The predicted molar refractivity (Wildman–Crippen MR) is 90.7 cm³/mol. The molecule has 1 heterocycles. The second-order valence-electron chi connectivity index (χ2n) is 7.41. The van der Waals surface area contributed by atoms with Gasteiger partial charge in [-0.1, -0.05) is 19.9 Å². The highest BCUT2D eigenvalue weighted by atomic mass is 16.7. The van der Waals surface area contributed by atoms with Crippen LogP contribution in [0.15, 0.2) is 18.2 Å². The number of nitrogens with one attached hydrogen (secondary N) is 1. The van der Waals surface area contributed by atoms with Gasteiger partial charge in [0.25, 0.3) is 0 Å². The van der Waals surface area contributed by atoms with Gasteiger partial charge in [0, 0.05) is 19.1 Å². The van der Waals surface area contributed by atoms with Gasteiger partial charge in [-0.25, -0.2) is 0 Å². The van der Waals surface area contributed by atoms with Gasteiger partial charge in [-0.15, -0.1) is 0 Å². The van der Waals surface area contributed by atoms with Gasteiger partial charge < -0.3 is 19.7 Å². The Hall–Kier alpha value is -1.26. The summed E-state index contributed by atoms with van der Waals surface area (Å²) in [7, 11) is 4.26. The molecule has 1 aliphatic rings. The number of hydrogen-bond donors (Lipinski definition) is 1. The van der Waals surface area contributed by atoms with Gasteiger partial charge in [-0.3, -0.25) is 0 Å². The number of rotatable bonds is 8. The van der Waals surface area contributed by atoms with Gasteiger partial charge in [-0.2, -0.15) is 0 Å². The molecule has 1 atom stereocenters. The van der Waals surface area contributed by atoms with Crippen molar-refractivity contribution in [3.8, 4) is 11.5 Å². The molecule has 4 heteroatoms. The Labute approximate surface area is 134 Å². The predicted octanol–water partition coefficient (Wildman–Crippen LogP) is 2.91. The number of fused-ring (bicyclic) bond motifs is 1. The number of ether oxygens (including phenoxy) is 2. The lowest BCUT2D eigenvalue weighted by Crippen LogP contribution is -2.40. The molecule has 0 bridgehead atoms. The Balaban J connectivity index is 1.74. The van der Waals surface area contributed by atoms with Crippen LogP contribution in [0, 0.1) is 5.41 Å². The van der Waals surface area contributed by atoms with Gasteiger partial charge in [0.1, 0.15) is 0 Å². The molecule has 1 aromatic carbocycles. The lowest BCUT2D eigenvalue weighted by molar-refractivity contribution is 0.174. The molecule has 0 spiro atoms. The van der Waals surface area contributed by atoms with Crippen molar-refractivity contribution in [3.05, 3.63) is 23.8 Å². The van der Waals surface area contributed by atoms with Crippen molar-refractivity contribution in [3.63, 3.8) is 0 Å². The molecule has 1 unspecified atom stereocenters. The molecule has 0 fully saturated rings. The normalized spacial score (nSPS) is 15.4. The summed E-state index contributed by atoms with van der Waals surface area (Å²) in [4.78, 5) is 2.25. The maximum absolute atomic E-state index is 5.43. The number of hydrogen-bond acceptors (Lipinski definition) is 4. The van der Waals surface area contributed by atoms with Crippen LogP contribution >= 0.6 is 0 Å². The zero-order chi connectivity index (χ0) is 16.2. The molecule has 0 aliphatic carbocycles. The third kappa shape index (κ3) is 5.18. The van der Waals surface area contributed by atoms with Crippen LogP contribution in [0.25, 0.3) is 0 Å². The average Bonchev–Trinajstić information content (AvgIpc) is 2.89. The van der Waals surface area contributed by atoms with Gasteiger partial charge in [-0.05, 0) is 57.0 Å². The van der Waals surface area contributed by atoms with Crippen LogP contribution in [0.4, 0.5) is 0 Å². The smallest absolute Gasteiger partial charge is 0.231 e. The molecule has 1 aromatic rings. The van der Waals surface area contributed by atoms with E-state index in [-0.39, 0.29) is 5.41 Å². The molecule has 0 saturated carbocycles. The second kappa shape index (κ2) is 7.34. The fourth-order valence-corrected chi connectivity index (χ4v) is 2.94. The highest BCUT2D eigenvalue weighted by Gasteiger charge is 2.19. The van der Waals surface area contributed by atoms with Crippen molar-refractivity contribution in [1.82, 2.24) is 10.2 Å². The summed E-state index contributed by atoms with van der Waals surface area (Å²) in [5.74, 6) is 1.74. The van der Waals surface area contributed by atoms with E-state index in [1.54, 1.807) is 0 Å². The van der Waals surface area contributed by atoms with Gasteiger partial charge in [0.2, 0.25) is 6.79 Å². The quantitative estimate of drug-likeness (QED) is 0.801. The van der Waals surface area contributed by atoms with Crippen molar-refractivity contribution in [2.45, 2.75) is 39.7 Å². The molecule has 0 aromatic heterocycles. The van der Waals surface area contributed by atoms with Gasteiger partial charge in [0.05, 0.1) is 0 Å². The first kappa shape index (κ1) is 17.1. The zero-order valence-electron chi connectivity index (χ0n) is 14.6. The molecule has 0 radical (unpaired) electrons. The number of benzene rings is 1. The minimum absolute atomic E-state index is 0.288. The Morgan fingerprint density at radius 3 is 2.68 bits per heavy atom. The van der Waals surface area contributed by atoms with Crippen molar-refractivity contribution in [2.75, 3.05) is 34.0 Å². The summed E-state index contributed by atoms with van der Waals surface area (Å²) in [5, 5.41) is 3.67. The fraction of sp³-hybridized carbons (Fsp3) is 0.667. The lowest BCUT2D eigenvalue weighted by atomic mass is 9.92. The van der Waals surface area contributed by atoms with Crippen molar-refractivity contribution in [1.29, 1.82) is 0 Å². The molecule has 124 valence electrons. The molecule has 0 saturated heterocycles. The Morgan fingerprint density at radius 1 is 1.23 bits per heavy atom. The summed E-state index contributed by atoms with van der Waals surface area (Å²) in [5.41, 5.74) is 1.60. The zero-order valence-corrected chi connectivity index (χ0v) is 14.6. The maximum Gasteiger partial charge on any atom is 0.231 e. The molecule has 1 aliphatic heterocycles.